The summed E-state index contributed by atoms with van der Waals surface area (Å²) in [6.45, 7) is 21.7. The van der Waals surface area contributed by atoms with Crippen LogP contribution in [0.5, 0.6) is 0 Å². The number of H-pyrrole nitrogens is 1. The molecule has 0 bridgehead atoms. The number of hydrogen-bond donors (Lipinski definition) is 9. The molecule has 8 amide bonds. The van der Waals surface area contributed by atoms with Crippen molar-refractivity contribution in [1.82, 2.24) is 62.5 Å². The van der Waals surface area contributed by atoms with Crippen molar-refractivity contribution in [2.75, 3.05) is 27.2 Å². The van der Waals surface area contributed by atoms with E-state index in [4.69, 9.17) is 0 Å². The van der Waals surface area contributed by atoms with Gasteiger partial charge in [0.05, 0.1) is 24.2 Å². The molecule has 5 rings (SSSR count). The highest BCUT2D eigenvalue weighted by Gasteiger charge is 2.48. The highest BCUT2D eigenvalue weighted by atomic mass is 16.2. The molecular formula is C53H78N12O8. The van der Waals surface area contributed by atoms with E-state index >= 15 is 0 Å². The van der Waals surface area contributed by atoms with Gasteiger partial charge in [-0.15, -0.1) is 0 Å². The molecule has 2 saturated heterocycles. The third-order valence-electron chi connectivity index (χ3n) is 13.8. The lowest BCUT2D eigenvalue weighted by molar-refractivity contribution is -0.144. The van der Waals surface area contributed by atoms with Crippen molar-refractivity contribution in [2.45, 2.75) is 156 Å². The van der Waals surface area contributed by atoms with Gasteiger partial charge >= 0.3 is 0 Å². The van der Waals surface area contributed by atoms with E-state index in [2.05, 4.69) is 52.7 Å². The summed E-state index contributed by atoms with van der Waals surface area (Å²) in [6, 6.07) is 9.16. The zero-order valence-electron chi connectivity index (χ0n) is 44.9. The minimum Gasteiger partial charge on any atom is -0.348 e. The third-order valence-corrected chi connectivity index (χ3v) is 13.8. The normalized spacial score (nSPS) is 20.4. The lowest BCUT2D eigenvalue weighted by Crippen LogP contribution is -2.59. The van der Waals surface area contributed by atoms with Gasteiger partial charge in [0.1, 0.15) is 29.9 Å². The van der Waals surface area contributed by atoms with Crippen LogP contribution in [0.1, 0.15) is 137 Å². The van der Waals surface area contributed by atoms with E-state index in [1.54, 1.807) is 27.9 Å². The van der Waals surface area contributed by atoms with Crippen LogP contribution in [0.15, 0.2) is 54.6 Å². The van der Waals surface area contributed by atoms with Crippen LogP contribution in [0.2, 0.25) is 0 Å². The number of likely N-dealkylation sites (N-methyl/N-ethyl adjacent to an activating group) is 2. The minimum atomic E-state index is -1.02. The highest BCUT2D eigenvalue weighted by Crippen LogP contribution is 2.29. The Balaban J connectivity index is 1.34. The van der Waals surface area contributed by atoms with Gasteiger partial charge in [0.2, 0.25) is 35.4 Å². The second-order valence-corrected chi connectivity index (χ2v) is 21.9. The largest absolute Gasteiger partial charge is 0.348 e. The van der Waals surface area contributed by atoms with Gasteiger partial charge in [0.15, 0.2) is 5.69 Å². The van der Waals surface area contributed by atoms with Gasteiger partial charge < -0.3 is 52.3 Å². The quantitative estimate of drug-likeness (QED) is 0.0894. The van der Waals surface area contributed by atoms with Crippen molar-refractivity contribution in [2.24, 2.45) is 10.8 Å². The fourth-order valence-electron chi connectivity index (χ4n) is 8.86. The van der Waals surface area contributed by atoms with Crippen LogP contribution in [0.25, 0.3) is 0 Å². The Hall–Kier alpha value is -6.67. The fraction of sp³-hybridized carbons (Fsp3) is 0.566. The number of aryl methyl sites for hydroxylation is 2. The van der Waals surface area contributed by atoms with E-state index in [0.717, 1.165) is 22.3 Å². The van der Waals surface area contributed by atoms with Crippen molar-refractivity contribution >= 4 is 47.3 Å². The van der Waals surface area contributed by atoms with E-state index in [-0.39, 0.29) is 37.3 Å². The molecule has 10 atom stereocenters. The number of likely N-dealkylation sites (tertiary alicyclic amines) is 2. The lowest BCUT2D eigenvalue weighted by atomic mass is 9.85. The van der Waals surface area contributed by atoms with Gasteiger partial charge in [-0.2, -0.15) is 5.10 Å². The Morgan fingerprint density at radius 1 is 0.575 bits per heavy atom. The molecule has 3 aromatic rings. The van der Waals surface area contributed by atoms with Crippen molar-refractivity contribution in [1.29, 1.82) is 0 Å². The maximum Gasteiger partial charge on any atom is 0.272 e. The Morgan fingerprint density at radius 3 is 1.30 bits per heavy atom. The first-order chi connectivity index (χ1) is 34.1. The molecule has 20 nitrogen and oxygen atoms in total. The van der Waals surface area contributed by atoms with Crippen LogP contribution >= 0.6 is 0 Å². The van der Waals surface area contributed by atoms with E-state index in [1.165, 1.54) is 15.9 Å². The number of carbonyl (C=O) groups excluding carboxylic acids is 8. The number of rotatable bonds is 18. The Labute approximate surface area is 429 Å². The van der Waals surface area contributed by atoms with Gasteiger partial charge in [-0.05, 0) is 90.4 Å². The number of aromatic nitrogens is 2. The van der Waals surface area contributed by atoms with Gasteiger partial charge in [-0.25, -0.2) is 0 Å². The van der Waals surface area contributed by atoms with E-state index in [1.807, 2.05) is 118 Å². The van der Waals surface area contributed by atoms with E-state index in [0.29, 0.717) is 0 Å². The third kappa shape index (κ3) is 14.5. The molecule has 0 saturated carbocycles. The van der Waals surface area contributed by atoms with Crippen LogP contribution in [0, 0.1) is 24.7 Å². The Kier molecular flexibility index (Phi) is 18.7. The van der Waals surface area contributed by atoms with Crippen LogP contribution < -0.4 is 42.5 Å². The van der Waals surface area contributed by atoms with Gasteiger partial charge in [0.25, 0.3) is 11.8 Å². The molecule has 0 unspecified atom stereocenters. The molecule has 2 aromatic carbocycles. The first-order valence-corrected chi connectivity index (χ1v) is 25.1. The Bertz CT molecular complexity index is 2310. The monoisotopic (exact) mass is 1010 g/mol. The topological polar surface area (TPSA) is 268 Å². The molecule has 1 aromatic heterocycles. The maximum absolute atomic E-state index is 14.5. The van der Waals surface area contributed by atoms with Gasteiger partial charge in [-0.1, -0.05) is 101 Å². The van der Waals surface area contributed by atoms with Crippen molar-refractivity contribution in [3.8, 4) is 0 Å². The summed E-state index contributed by atoms with van der Waals surface area (Å²) in [4.78, 5) is 114. The van der Waals surface area contributed by atoms with Crippen LogP contribution in [-0.4, -0.2) is 143 Å². The standard InChI is InChI=1S/C53H78N12O8/c1-28-15-19-34(20-16-28)30(3)56-48(70)40-23-36(26-64(40)50(72)42(52(7,8)9)60-44(66)32(5)54-13)58-46(68)38-25-39(63-62-38)47(69)59-37-24-41(49(71)57-31(4)35-21-17-29(2)18-22-35)65(27-37)51(73)43(53(10,11)12)61-45(67)33(6)55-14/h15-22,25,30-33,36-37,40-43,54-55H,23-24,26-27H2,1-14H3,(H,56,70)(H,57,71)(H,58,68)(H,59,69)(H,60,66)(H,61,67)(H,62,63)/t30-,31-,32+,33+,36+,37+,40+,41+,42-,43-/m1/s1. The summed E-state index contributed by atoms with van der Waals surface area (Å²) in [6.07, 6.45) is 0.0932. The fourth-order valence-corrected chi connectivity index (χ4v) is 8.86. The number of hydrogen-bond acceptors (Lipinski definition) is 11. The number of benzene rings is 2. The molecule has 0 radical (unpaired) electrons. The summed E-state index contributed by atoms with van der Waals surface area (Å²) in [7, 11) is 3.27. The molecule has 0 aliphatic carbocycles. The SMILES string of the molecule is CN[C@@H](C)C(=O)N[C@H](C(=O)N1C[C@@H](NC(=O)c2cc(C(=O)N[C@H]3C[C@@H](C(=O)N[C@H](C)c4ccc(C)cc4)N(C(=O)[C@@H](NC(=O)[C@H](C)NC)C(C)(C)C)C3)[nH]n2)C[C@H]1C(=O)N[C@H](C)c1ccc(C)cc1)C(C)(C)C. The zero-order valence-corrected chi connectivity index (χ0v) is 44.9. The molecule has 20 heteroatoms. The van der Waals surface area contributed by atoms with Crippen molar-refractivity contribution in [3.63, 3.8) is 0 Å². The number of nitrogens with one attached hydrogen (secondary N) is 9. The molecule has 73 heavy (non-hydrogen) atoms. The number of aromatic amines is 1. The second-order valence-electron chi connectivity index (χ2n) is 21.9. The van der Waals surface area contributed by atoms with Crippen LogP contribution in [0.4, 0.5) is 0 Å². The molecular weight excluding hydrogens is 933 g/mol. The Morgan fingerprint density at radius 2 is 0.945 bits per heavy atom. The lowest BCUT2D eigenvalue weighted by Gasteiger charge is -2.36. The molecule has 2 aliphatic heterocycles. The molecule has 3 heterocycles. The van der Waals surface area contributed by atoms with Crippen LogP contribution in [-0.2, 0) is 28.8 Å². The summed E-state index contributed by atoms with van der Waals surface area (Å²) >= 11 is 0. The minimum absolute atomic E-state index is 0.0448. The number of carbonyl (C=O) groups is 8. The first-order valence-electron chi connectivity index (χ1n) is 25.1. The zero-order chi connectivity index (χ0) is 54.3. The van der Waals surface area contributed by atoms with Crippen molar-refractivity contribution in [3.05, 3.63) is 88.2 Å². The molecule has 9 N–H and O–H groups in total. The first kappa shape index (κ1) is 57.2. The van der Waals surface area contributed by atoms with Gasteiger partial charge in [0, 0.05) is 31.2 Å². The summed E-state index contributed by atoms with van der Waals surface area (Å²) < 4.78 is 0. The highest BCUT2D eigenvalue weighted by molar-refractivity contribution is 5.99. The summed E-state index contributed by atoms with van der Waals surface area (Å²) in [5, 5.41) is 30.1. The van der Waals surface area contributed by atoms with Crippen LogP contribution in [0.3, 0.4) is 0 Å². The molecule has 2 aliphatic rings. The van der Waals surface area contributed by atoms with E-state index < -0.39 is 119 Å². The number of amides is 8. The smallest absolute Gasteiger partial charge is 0.272 e. The predicted molar refractivity (Wildman–Crippen MR) is 277 cm³/mol. The number of nitrogens with zero attached hydrogens (tertiary/aromatic N) is 3. The predicted octanol–water partition coefficient (Wildman–Crippen LogP) is 2.46. The van der Waals surface area contributed by atoms with Gasteiger partial charge in [-0.3, -0.25) is 43.5 Å². The average Bonchev–Trinajstić information content (AvgIpc) is 4.11. The second kappa shape index (κ2) is 23.9. The maximum atomic E-state index is 14.5. The molecule has 2 fully saturated rings. The summed E-state index contributed by atoms with van der Waals surface area (Å²) in [5.41, 5.74) is 2.10. The summed E-state index contributed by atoms with van der Waals surface area (Å²) in [5.74, 6) is -3.96. The van der Waals surface area contributed by atoms with E-state index in [9.17, 15) is 38.4 Å². The molecule has 0 spiro atoms. The molecule has 398 valence electrons. The average molecular weight is 1010 g/mol. The van der Waals surface area contributed by atoms with Crippen molar-refractivity contribution < 1.29 is 38.4 Å².